The van der Waals surface area contributed by atoms with Crippen LogP contribution >= 0.6 is 0 Å². The number of aromatic nitrogens is 1. The van der Waals surface area contributed by atoms with Crippen LogP contribution < -0.4 is 10.1 Å². The number of carbonyl (C=O) groups is 1. The highest BCUT2D eigenvalue weighted by Gasteiger charge is 2.44. The van der Waals surface area contributed by atoms with Crippen LogP contribution in [0, 0.1) is 0 Å². The van der Waals surface area contributed by atoms with Crippen LogP contribution in [0.3, 0.4) is 0 Å². The van der Waals surface area contributed by atoms with Gasteiger partial charge in [-0.1, -0.05) is 0 Å². The van der Waals surface area contributed by atoms with E-state index in [-0.39, 0.29) is 22.9 Å². The van der Waals surface area contributed by atoms with Crippen molar-refractivity contribution in [2.24, 2.45) is 0 Å². The predicted molar refractivity (Wildman–Crippen MR) is 76.0 cm³/mol. The maximum absolute atomic E-state index is 12.2. The molecule has 0 aromatic carbocycles. The molecule has 0 atom stereocenters. The van der Waals surface area contributed by atoms with Crippen molar-refractivity contribution in [3.63, 3.8) is 0 Å². The number of pyridine rings is 1. The number of rotatable bonds is 5. The second-order valence-corrected chi connectivity index (χ2v) is 5.86. The molecule has 2 aliphatic rings. The van der Waals surface area contributed by atoms with Gasteiger partial charge in [0.05, 0.1) is 0 Å². The average Bonchev–Trinajstić information content (AvgIpc) is 3.04. The lowest BCUT2D eigenvalue weighted by atomic mass is 9.94. The summed E-state index contributed by atoms with van der Waals surface area (Å²) in [4.78, 5) is 18.3. The van der Waals surface area contributed by atoms with Gasteiger partial charge in [0.1, 0.15) is 0 Å². The fourth-order valence-electron chi connectivity index (χ4n) is 3.57. The minimum atomic E-state index is -2.95. The summed E-state index contributed by atoms with van der Waals surface area (Å²) in [6.45, 7) is -0.163. The number of ether oxygens (including phenoxy) is 1. The van der Waals surface area contributed by atoms with E-state index in [0.717, 1.165) is 38.8 Å². The van der Waals surface area contributed by atoms with Gasteiger partial charge >= 0.3 is 6.61 Å². The molecule has 2 saturated heterocycles. The van der Waals surface area contributed by atoms with Crippen molar-refractivity contribution < 1.29 is 18.3 Å². The summed E-state index contributed by atoms with van der Waals surface area (Å²) in [6, 6.07) is 2.73. The number of hydrogen-bond acceptors (Lipinski definition) is 4. The molecule has 0 bridgehead atoms. The minimum absolute atomic E-state index is 0.0883. The van der Waals surface area contributed by atoms with Crippen LogP contribution in [-0.2, 0) is 0 Å². The van der Waals surface area contributed by atoms with Gasteiger partial charge in [-0.15, -0.1) is 0 Å². The number of carbonyl (C=O) groups excluding carboxylic acids is 1. The molecule has 3 rings (SSSR count). The van der Waals surface area contributed by atoms with Crippen molar-refractivity contribution in [1.82, 2.24) is 15.2 Å². The van der Waals surface area contributed by atoms with Gasteiger partial charge in [-0.3, -0.25) is 9.69 Å². The molecule has 1 aromatic rings. The van der Waals surface area contributed by atoms with Crippen molar-refractivity contribution in [3.8, 4) is 5.88 Å². The van der Waals surface area contributed by atoms with Crippen molar-refractivity contribution >= 4 is 5.91 Å². The van der Waals surface area contributed by atoms with Crippen molar-refractivity contribution in [2.75, 3.05) is 19.6 Å². The summed E-state index contributed by atoms with van der Waals surface area (Å²) in [7, 11) is 0. The average molecular weight is 311 g/mol. The first-order valence-electron chi connectivity index (χ1n) is 7.53. The van der Waals surface area contributed by atoms with E-state index in [1.807, 2.05) is 0 Å². The SMILES string of the molecule is O=C(NCC12CCCN1CCC2)c1ccnc(OC(F)F)c1. The zero-order valence-electron chi connectivity index (χ0n) is 12.2. The number of nitrogens with one attached hydrogen (secondary N) is 1. The zero-order valence-corrected chi connectivity index (χ0v) is 12.2. The first-order valence-corrected chi connectivity index (χ1v) is 7.53. The van der Waals surface area contributed by atoms with Crippen LogP contribution in [0.15, 0.2) is 18.3 Å². The molecule has 0 unspecified atom stereocenters. The van der Waals surface area contributed by atoms with E-state index >= 15 is 0 Å². The Labute approximate surface area is 127 Å². The number of halogens is 2. The normalized spacial score (nSPS) is 20.1. The van der Waals surface area contributed by atoms with E-state index in [4.69, 9.17) is 0 Å². The molecule has 7 heteroatoms. The summed E-state index contributed by atoms with van der Waals surface area (Å²) >= 11 is 0. The third-order valence-corrected chi connectivity index (χ3v) is 4.60. The molecule has 0 radical (unpaired) electrons. The molecule has 2 aliphatic heterocycles. The molecule has 0 spiro atoms. The van der Waals surface area contributed by atoms with Gasteiger partial charge in [0.2, 0.25) is 5.88 Å². The number of fused-ring (bicyclic) bond motifs is 1. The van der Waals surface area contributed by atoms with Crippen molar-refractivity contribution in [2.45, 2.75) is 37.8 Å². The lowest BCUT2D eigenvalue weighted by Crippen LogP contribution is -2.48. The van der Waals surface area contributed by atoms with Crippen LogP contribution in [0.4, 0.5) is 8.78 Å². The Balaban J connectivity index is 1.62. The highest BCUT2D eigenvalue weighted by Crippen LogP contribution is 2.38. The van der Waals surface area contributed by atoms with Crippen LogP contribution in [0.1, 0.15) is 36.0 Å². The van der Waals surface area contributed by atoms with Crippen LogP contribution in [0.2, 0.25) is 0 Å². The molecule has 5 nitrogen and oxygen atoms in total. The van der Waals surface area contributed by atoms with E-state index in [1.165, 1.54) is 18.3 Å². The first kappa shape index (κ1) is 15.1. The molecule has 1 N–H and O–H groups in total. The van der Waals surface area contributed by atoms with Crippen LogP contribution in [0.5, 0.6) is 5.88 Å². The fourth-order valence-corrected chi connectivity index (χ4v) is 3.57. The number of hydrogen-bond donors (Lipinski definition) is 1. The van der Waals surface area contributed by atoms with Gasteiger partial charge in [0, 0.05) is 29.9 Å². The number of nitrogens with zero attached hydrogens (tertiary/aromatic N) is 2. The Bertz CT molecular complexity index is 543. The molecule has 3 heterocycles. The highest BCUT2D eigenvalue weighted by molar-refractivity contribution is 5.94. The number of amides is 1. The summed E-state index contributed by atoms with van der Waals surface area (Å²) in [5.41, 5.74) is 0.370. The van der Waals surface area contributed by atoms with Crippen LogP contribution in [0.25, 0.3) is 0 Å². The monoisotopic (exact) mass is 311 g/mol. The third-order valence-electron chi connectivity index (χ3n) is 4.60. The van der Waals surface area contributed by atoms with Gasteiger partial charge < -0.3 is 10.1 Å². The first-order chi connectivity index (χ1) is 10.6. The van der Waals surface area contributed by atoms with E-state index < -0.39 is 6.61 Å². The lowest BCUT2D eigenvalue weighted by molar-refractivity contribution is -0.0529. The summed E-state index contributed by atoms with van der Waals surface area (Å²) in [5.74, 6) is -0.529. The second kappa shape index (κ2) is 6.16. The standard InChI is InChI=1S/C15H19F2N3O2/c16-14(17)22-12-9-11(3-6-18-12)13(21)19-10-15-4-1-7-20(15)8-2-5-15/h3,6,9,14H,1-2,4-5,7-8,10H2,(H,19,21). The van der Waals surface area contributed by atoms with E-state index in [0.29, 0.717) is 6.54 Å². The quantitative estimate of drug-likeness (QED) is 0.904. The Hall–Kier alpha value is -1.76. The van der Waals surface area contributed by atoms with Crippen molar-refractivity contribution in [1.29, 1.82) is 0 Å². The van der Waals surface area contributed by atoms with E-state index in [9.17, 15) is 13.6 Å². The predicted octanol–water partition coefficient (Wildman–Crippen LogP) is 2.04. The molecule has 1 amide bonds. The lowest BCUT2D eigenvalue weighted by Gasteiger charge is -2.32. The third kappa shape index (κ3) is 3.04. The zero-order chi connectivity index (χ0) is 15.6. The molecule has 22 heavy (non-hydrogen) atoms. The molecule has 120 valence electrons. The second-order valence-electron chi connectivity index (χ2n) is 5.86. The summed E-state index contributed by atoms with van der Waals surface area (Å²) in [5, 5.41) is 2.93. The fraction of sp³-hybridized carbons (Fsp3) is 0.600. The maximum Gasteiger partial charge on any atom is 0.388 e. The summed E-state index contributed by atoms with van der Waals surface area (Å²) in [6.07, 6.45) is 5.82. The minimum Gasteiger partial charge on any atom is -0.417 e. The Morgan fingerprint density at radius 2 is 2.14 bits per heavy atom. The highest BCUT2D eigenvalue weighted by atomic mass is 19.3. The topological polar surface area (TPSA) is 54.5 Å². The molecular weight excluding hydrogens is 292 g/mol. The van der Waals surface area contributed by atoms with Crippen LogP contribution in [-0.4, -0.2) is 47.6 Å². The van der Waals surface area contributed by atoms with E-state index in [2.05, 4.69) is 19.9 Å². The molecule has 0 aliphatic carbocycles. The Morgan fingerprint density at radius 3 is 2.82 bits per heavy atom. The largest absolute Gasteiger partial charge is 0.417 e. The van der Waals surface area contributed by atoms with Gasteiger partial charge in [-0.25, -0.2) is 4.98 Å². The van der Waals surface area contributed by atoms with Gasteiger partial charge in [-0.05, 0) is 44.8 Å². The Kier molecular flexibility index (Phi) is 4.24. The van der Waals surface area contributed by atoms with Gasteiger partial charge in [-0.2, -0.15) is 8.78 Å². The molecule has 0 saturated carbocycles. The molecular formula is C15H19F2N3O2. The maximum atomic E-state index is 12.2. The molecule has 2 fully saturated rings. The Morgan fingerprint density at radius 1 is 1.41 bits per heavy atom. The summed E-state index contributed by atoms with van der Waals surface area (Å²) < 4.78 is 28.6. The van der Waals surface area contributed by atoms with Gasteiger partial charge in [0.15, 0.2) is 0 Å². The molecule has 1 aromatic heterocycles. The smallest absolute Gasteiger partial charge is 0.388 e. The van der Waals surface area contributed by atoms with E-state index in [1.54, 1.807) is 0 Å². The van der Waals surface area contributed by atoms with Crippen molar-refractivity contribution in [3.05, 3.63) is 23.9 Å². The number of alkyl halides is 2. The van der Waals surface area contributed by atoms with Gasteiger partial charge in [0.25, 0.3) is 5.91 Å².